The van der Waals surface area contributed by atoms with Crippen molar-refractivity contribution in [1.82, 2.24) is 0 Å². The summed E-state index contributed by atoms with van der Waals surface area (Å²) in [5.74, 6) is -0.728. The van der Waals surface area contributed by atoms with Crippen LogP contribution in [0.25, 0.3) is 10.8 Å². The molecule has 9 nitrogen and oxygen atoms in total. The molecule has 0 aromatic heterocycles. The second kappa shape index (κ2) is 11.0. The number of amides is 1. The lowest BCUT2D eigenvalue weighted by Crippen LogP contribution is -2.12. The molecule has 3 N–H and O–H groups in total. The highest BCUT2D eigenvalue weighted by Crippen LogP contribution is 2.41. The van der Waals surface area contributed by atoms with Crippen LogP contribution in [0.2, 0.25) is 10.0 Å². The first-order valence-electron chi connectivity index (χ1n) is 11.1. The third-order valence-corrected chi connectivity index (χ3v) is 7.20. The molecule has 12 heteroatoms. The highest BCUT2D eigenvalue weighted by Gasteiger charge is 2.23. The van der Waals surface area contributed by atoms with Gasteiger partial charge in [0.25, 0.3) is 16.0 Å². The molecular weight excluding hydrogens is 553 g/mol. The van der Waals surface area contributed by atoms with E-state index in [1.54, 1.807) is 43.3 Å². The maximum Gasteiger partial charge on any atom is 0.297 e. The number of nitrogens with one attached hydrogen (secondary N) is 1. The Morgan fingerprint density at radius 1 is 1.05 bits per heavy atom. The van der Waals surface area contributed by atoms with Gasteiger partial charge in [-0.1, -0.05) is 54.4 Å². The van der Waals surface area contributed by atoms with Gasteiger partial charge in [0.1, 0.15) is 22.0 Å². The summed E-state index contributed by atoms with van der Waals surface area (Å²) >= 11 is 12.3. The molecule has 38 heavy (non-hydrogen) atoms. The van der Waals surface area contributed by atoms with Crippen molar-refractivity contribution in [3.63, 3.8) is 0 Å². The molecule has 4 aromatic rings. The van der Waals surface area contributed by atoms with Gasteiger partial charge in [-0.05, 0) is 47.7 Å². The normalized spacial score (nSPS) is 11.7. The Kier molecular flexibility index (Phi) is 7.89. The van der Waals surface area contributed by atoms with Crippen molar-refractivity contribution in [2.45, 2.75) is 18.2 Å². The van der Waals surface area contributed by atoms with Gasteiger partial charge in [-0.25, -0.2) is 0 Å². The molecule has 0 radical (unpaired) electrons. The van der Waals surface area contributed by atoms with E-state index in [1.807, 2.05) is 0 Å². The highest BCUT2D eigenvalue weighted by molar-refractivity contribution is 7.86. The van der Waals surface area contributed by atoms with Crippen molar-refractivity contribution >= 4 is 67.1 Å². The van der Waals surface area contributed by atoms with E-state index in [0.717, 1.165) is 0 Å². The number of phenols is 1. The SMILES string of the molecule is CCc1cc(Cl)cc(N=Nc2c(O)c(C(=O)Nc3cc(OC)ccc3Cl)cc3ccccc23)c1S(=O)(=O)O. The van der Waals surface area contributed by atoms with E-state index in [4.69, 9.17) is 27.9 Å². The molecule has 0 fully saturated rings. The van der Waals surface area contributed by atoms with E-state index >= 15 is 0 Å². The largest absolute Gasteiger partial charge is 0.505 e. The molecule has 0 spiro atoms. The summed E-state index contributed by atoms with van der Waals surface area (Å²) in [6, 6.07) is 15.6. The summed E-state index contributed by atoms with van der Waals surface area (Å²) in [5, 5.41) is 23.3. The number of hydrogen-bond acceptors (Lipinski definition) is 7. The second-order valence-electron chi connectivity index (χ2n) is 8.08. The molecule has 0 bridgehead atoms. The molecular formula is C26H21Cl2N3O6S. The van der Waals surface area contributed by atoms with Gasteiger partial charge in [0.2, 0.25) is 0 Å². The number of carbonyl (C=O) groups excluding carboxylic acids is 1. The van der Waals surface area contributed by atoms with Gasteiger partial charge in [-0.15, -0.1) is 10.2 Å². The zero-order valence-electron chi connectivity index (χ0n) is 20.1. The topological polar surface area (TPSA) is 138 Å². The Bertz CT molecular complexity index is 1710. The highest BCUT2D eigenvalue weighted by atomic mass is 35.5. The summed E-state index contributed by atoms with van der Waals surface area (Å²) in [6.07, 6.45) is 0.245. The summed E-state index contributed by atoms with van der Waals surface area (Å²) < 4.78 is 39.2. The summed E-state index contributed by atoms with van der Waals surface area (Å²) in [6.45, 7) is 1.69. The fourth-order valence-electron chi connectivity index (χ4n) is 3.88. The molecule has 0 heterocycles. The first-order valence-corrected chi connectivity index (χ1v) is 13.3. The number of aromatic hydroxyl groups is 1. The van der Waals surface area contributed by atoms with Gasteiger partial charge < -0.3 is 15.2 Å². The van der Waals surface area contributed by atoms with Gasteiger partial charge in [0.05, 0.1) is 23.4 Å². The number of carbonyl (C=O) groups is 1. The molecule has 0 aliphatic heterocycles. The average molecular weight is 574 g/mol. The lowest BCUT2D eigenvalue weighted by Gasteiger charge is -2.13. The average Bonchev–Trinajstić information content (AvgIpc) is 2.87. The van der Waals surface area contributed by atoms with Crippen LogP contribution in [0.5, 0.6) is 11.5 Å². The number of halogens is 2. The minimum Gasteiger partial charge on any atom is -0.505 e. The predicted molar refractivity (Wildman–Crippen MR) is 146 cm³/mol. The number of rotatable bonds is 7. The standard InChI is InChI=1S/C26H21Cl2N3O6S/c1-3-14-10-16(27)12-22(25(14)38(34,35)36)30-31-23-18-7-5-4-6-15(18)11-19(24(23)32)26(33)29-21-13-17(37-2)8-9-20(21)28/h4-13,32H,3H2,1-2H3,(H,29,33)(H,34,35,36). The number of benzene rings is 4. The van der Waals surface area contributed by atoms with Gasteiger partial charge >= 0.3 is 0 Å². The number of aryl methyl sites for hydroxylation is 1. The molecule has 1 amide bonds. The minimum atomic E-state index is -4.68. The smallest absolute Gasteiger partial charge is 0.297 e. The van der Waals surface area contributed by atoms with Crippen LogP contribution in [0.3, 0.4) is 0 Å². The van der Waals surface area contributed by atoms with Crippen molar-refractivity contribution in [1.29, 1.82) is 0 Å². The zero-order chi connectivity index (χ0) is 27.6. The molecule has 4 aromatic carbocycles. The van der Waals surface area contributed by atoms with E-state index in [0.29, 0.717) is 16.5 Å². The lowest BCUT2D eigenvalue weighted by molar-refractivity contribution is 0.102. The molecule has 0 aliphatic rings. The van der Waals surface area contributed by atoms with Crippen molar-refractivity contribution in [2.75, 3.05) is 12.4 Å². The Hall–Kier alpha value is -3.70. The number of nitrogens with zero attached hydrogens (tertiary/aromatic N) is 2. The Balaban J connectivity index is 1.86. The maximum atomic E-state index is 13.2. The second-order valence-corrected chi connectivity index (χ2v) is 10.3. The Labute approximate surface area is 228 Å². The first-order chi connectivity index (χ1) is 18.0. The lowest BCUT2D eigenvalue weighted by atomic mass is 10.0. The van der Waals surface area contributed by atoms with Crippen LogP contribution in [0.15, 0.2) is 75.8 Å². The molecule has 196 valence electrons. The van der Waals surface area contributed by atoms with E-state index in [9.17, 15) is 22.9 Å². The van der Waals surface area contributed by atoms with Gasteiger partial charge in [-0.3, -0.25) is 9.35 Å². The van der Waals surface area contributed by atoms with E-state index in [1.165, 1.54) is 31.4 Å². The summed E-state index contributed by atoms with van der Waals surface area (Å²) in [7, 11) is -3.21. The number of fused-ring (bicyclic) bond motifs is 1. The molecule has 0 aliphatic carbocycles. The van der Waals surface area contributed by atoms with Crippen molar-refractivity contribution in [3.05, 3.63) is 81.8 Å². The van der Waals surface area contributed by atoms with Crippen LogP contribution < -0.4 is 10.1 Å². The third-order valence-electron chi connectivity index (χ3n) is 5.67. The number of methoxy groups -OCH3 is 1. The van der Waals surface area contributed by atoms with Crippen molar-refractivity contribution in [2.24, 2.45) is 10.2 Å². The van der Waals surface area contributed by atoms with Crippen LogP contribution in [-0.4, -0.2) is 31.1 Å². The van der Waals surface area contributed by atoms with Gasteiger partial charge in [-0.2, -0.15) is 8.42 Å². The number of phenolic OH excluding ortho intramolecular Hbond substituents is 1. The summed E-state index contributed by atoms with van der Waals surface area (Å²) in [4.78, 5) is 12.8. The van der Waals surface area contributed by atoms with Crippen molar-refractivity contribution < 1.29 is 27.6 Å². The van der Waals surface area contributed by atoms with Crippen LogP contribution in [0, 0.1) is 0 Å². The Morgan fingerprint density at radius 2 is 1.79 bits per heavy atom. The number of anilines is 1. The zero-order valence-corrected chi connectivity index (χ0v) is 22.4. The molecule has 4 rings (SSSR count). The van der Waals surface area contributed by atoms with E-state index in [2.05, 4.69) is 15.5 Å². The molecule has 0 saturated heterocycles. The van der Waals surface area contributed by atoms with Gasteiger partial charge in [0, 0.05) is 16.5 Å². The quantitative estimate of drug-likeness (QED) is 0.156. The van der Waals surface area contributed by atoms with E-state index in [-0.39, 0.29) is 44.7 Å². The summed E-state index contributed by atoms with van der Waals surface area (Å²) in [5.41, 5.74) is 0.0522. The Morgan fingerprint density at radius 3 is 2.47 bits per heavy atom. The van der Waals surface area contributed by atoms with E-state index < -0.39 is 26.7 Å². The van der Waals surface area contributed by atoms with Crippen molar-refractivity contribution in [3.8, 4) is 11.5 Å². The third kappa shape index (κ3) is 5.58. The van der Waals surface area contributed by atoms with Crippen LogP contribution in [-0.2, 0) is 16.5 Å². The number of hydrogen-bond donors (Lipinski definition) is 3. The monoisotopic (exact) mass is 573 g/mol. The number of azo groups is 1. The predicted octanol–water partition coefficient (Wildman–Crippen LogP) is 7.34. The molecule has 0 unspecified atom stereocenters. The minimum absolute atomic E-state index is 0.0932. The molecule has 0 atom stereocenters. The fourth-order valence-corrected chi connectivity index (χ4v) is 5.18. The maximum absolute atomic E-state index is 13.2. The van der Waals surface area contributed by atoms with Crippen LogP contribution in [0.4, 0.5) is 17.1 Å². The number of ether oxygens (including phenoxy) is 1. The molecule has 0 saturated carbocycles. The van der Waals surface area contributed by atoms with Crippen LogP contribution >= 0.6 is 23.2 Å². The van der Waals surface area contributed by atoms with Gasteiger partial charge in [0.15, 0.2) is 5.75 Å². The first kappa shape index (κ1) is 27.3. The van der Waals surface area contributed by atoms with Crippen LogP contribution in [0.1, 0.15) is 22.8 Å². The fraction of sp³-hybridized carbons (Fsp3) is 0.115.